The number of rotatable bonds is 4. The topological polar surface area (TPSA) is 29.5 Å². The number of allylic oxidation sites excluding steroid dienone is 1. The predicted octanol–water partition coefficient (Wildman–Crippen LogP) is 5.98. The number of hydrogen-bond donors (Lipinski definition) is 1. The monoisotopic (exact) mass is 316 g/mol. The van der Waals surface area contributed by atoms with Crippen LogP contribution in [0.15, 0.2) is 24.8 Å². The smallest absolute Gasteiger partial charge is 0.127 e. The molecule has 2 nitrogen and oxygen atoms in total. The van der Waals surface area contributed by atoms with Crippen LogP contribution < -0.4 is 4.74 Å². The van der Waals surface area contributed by atoms with E-state index in [1.807, 2.05) is 13.0 Å². The highest BCUT2D eigenvalue weighted by atomic mass is 16.5. The van der Waals surface area contributed by atoms with Crippen molar-refractivity contribution in [2.24, 2.45) is 5.92 Å². The van der Waals surface area contributed by atoms with Gasteiger partial charge in [0.2, 0.25) is 0 Å². The first-order chi connectivity index (χ1) is 11.1. The number of fused-ring (bicyclic) bond motifs is 3. The van der Waals surface area contributed by atoms with Crippen molar-refractivity contribution in [3.63, 3.8) is 0 Å². The fraction of sp³-hybridized carbons (Fsp3) is 0.619. The molecule has 1 aliphatic carbocycles. The lowest BCUT2D eigenvalue weighted by atomic mass is 9.77. The van der Waals surface area contributed by atoms with Gasteiger partial charge in [0.1, 0.15) is 17.6 Å². The number of phenols is 1. The number of aromatic hydroxyl groups is 1. The molecule has 0 saturated heterocycles. The average molecular weight is 316 g/mol. The zero-order valence-electron chi connectivity index (χ0n) is 15.0. The minimum Gasteiger partial charge on any atom is -0.508 e. The SMILES string of the molecule is C=CC.CCCCCc1cc(O)c2c(c1)OC1C(C)CCCC21. The van der Waals surface area contributed by atoms with Gasteiger partial charge in [0.25, 0.3) is 0 Å². The van der Waals surface area contributed by atoms with Crippen LogP contribution in [0.1, 0.15) is 76.3 Å². The Bertz CT molecular complexity index is 521. The lowest BCUT2D eigenvalue weighted by molar-refractivity contribution is 0.109. The molecule has 1 aliphatic heterocycles. The van der Waals surface area contributed by atoms with Gasteiger partial charge in [0, 0.05) is 11.5 Å². The van der Waals surface area contributed by atoms with Crippen LogP contribution in [0.3, 0.4) is 0 Å². The Kier molecular flexibility index (Phi) is 6.56. The first kappa shape index (κ1) is 17.9. The van der Waals surface area contributed by atoms with Gasteiger partial charge in [-0.3, -0.25) is 0 Å². The van der Waals surface area contributed by atoms with Crippen molar-refractivity contribution in [3.05, 3.63) is 35.9 Å². The summed E-state index contributed by atoms with van der Waals surface area (Å²) in [6.45, 7) is 9.75. The van der Waals surface area contributed by atoms with Gasteiger partial charge in [0.15, 0.2) is 0 Å². The first-order valence-electron chi connectivity index (χ1n) is 9.21. The van der Waals surface area contributed by atoms with Crippen LogP contribution in [-0.4, -0.2) is 11.2 Å². The zero-order valence-corrected chi connectivity index (χ0v) is 15.0. The minimum atomic E-state index is 0.288. The van der Waals surface area contributed by atoms with E-state index in [1.54, 1.807) is 6.08 Å². The van der Waals surface area contributed by atoms with Crippen molar-refractivity contribution in [2.45, 2.75) is 77.7 Å². The zero-order chi connectivity index (χ0) is 16.8. The third-order valence-electron chi connectivity index (χ3n) is 5.01. The summed E-state index contributed by atoms with van der Waals surface area (Å²) in [5.41, 5.74) is 2.31. The summed E-state index contributed by atoms with van der Waals surface area (Å²) in [6.07, 6.45) is 10.4. The minimum absolute atomic E-state index is 0.288. The molecule has 0 radical (unpaired) electrons. The molecule has 1 N–H and O–H groups in total. The Morgan fingerprint density at radius 2 is 2.04 bits per heavy atom. The van der Waals surface area contributed by atoms with Gasteiger partial charge in [-0.2, -0.15) is 0 Å². The average Bonchev–Trinajstić information content (AvgIpc) is 2.89. The fourth-order valence-corrected chi connectivity index (χ4v) is 3.90. The normalized spacial score (nSPS) is 24.7. The lowest BCUT2D eigenvalue weighted by Crippen LogP contribution is -2.30. The highest BCUT2D eigenvalue weighted by Gasteiger charge is 2.41. The molecule has 128 valence electrons. The van der Waals surface area contributed by atoms with E-state index in [0.29, 0.717) is 17.6 Å². The van der Waals surface area contributed by atoms with E-state index in [1.165, 1.54) is 37.7 Å². The molecule has 0 aromatic heterocycles. The maximum Gasteiger partial charge on any atom is 0.127 e. The highest BCUT2D eigenvalue weighted by Crippen LogP contribution is 2.51. The number of unbranched alkanes of at least 4 members (excludes halogenated alkanes) is 2. The van der Waals surface area contributed by atoms with Gasteiger partial charge in [-0.05, 0) is 56.2 Å². The first-order valence-corrected chi connectivity index (χ1v) is 9.21. The third kappa shape index (κ3) is 4.10. The second-order valence-electron chi connectivity index (χ2n) is 6.99. The number of ether oxygens (including phenoxy) is 1. The second-order valence-corrected chi connectivity index (χ2v) is 6.99. The summed E-state index contributed by atoms with van der Waals surface area (Å²) < 4.78 is 6.19. The maximum absolute atomic E-state index is 10.4. The largest absolute Gasteiger partial charge is 0.508 e. The Balaban J connectivity index is 0.000000595. The van der Waals surface area contributed by atoms with Crippen molar-refractivity contribution < 1.29 is 9.84 Å². The molecule has 1 aromatic carbocycles. The Labute approximate surface area is 141 Å². The summed E-state index contributed by atoms with van der Waals surface area (Å²) >= 11 is 0. The Morgan fingerprint density at radius 3 is 2.74 bits per heavy atom. The molecule has 1 aromatic rings. The summed E-state index contributed by atoms with van der Waals surface area (Å²) in [7, 11) is 0. The van der Waals surface area contributed by atoms with Gasteiger partial charge in [-0.25, -0.2) is 0 Å². The molecule has 3 atom stereocenters. The van der Waals surface area contributed by atoms with Gasteiger partial charge in [-0.15, -0.1) is 6.58 Å². The molecular formula is C21H32O2. The predicted molar refractivity (Wildman–Crippen MR) is 97.4 cm³/mol. The van der Waals surface area contributed by atoms with Crippen LogP contribution in [-0.2, 0) is 6.42 Å². The van der Waals surface area contributed by atoms with Gasteiger partial charge < -0.3 is 9.84 Å². The summed E-state index contributed by atoms with van der Waals surface area (Å²) in [5, 5.41) is 10.4. The van der Waals surface area contributed by atoms with Crippen molar-refractivity contribution in [1.29, 1.82) is 0 Å². The summed E-state index contributed by atoms with van der Waals surface area (Å²) in [6, 6.07) is 4.15. The quantitative estimate of drug-likeness (QED) is 0.547. The van der Waals surface area contributed by atoms with Crippen LogP contribution in [0.2, 0.25) is 0 Å². The molecule has 1 heterocycles. The van der Waals surface area contributed by atoms with Crippen LogP contribution in [0, 0.1) is 5.92 Å². The van der Waals surface area contributed by atoms with Gasteiger partial charge in [0.05, 0.1) is 0 Å². The van der Waals surface area contributed by atoms with E-state index in [9.17, 15) is 5.11 Å². The molecule has 23 heavy (non-hydrogen) atoms. The number of benzene rings is 1. The molecule has 3 rings (SSSR count). The molecule has 2 heteroatoms. The molecule has 0 amide bonds. The standard InChI is InChI=1S/C18H26O2.C3H6/c1-3-4-5-8-13-10-15(19)17-14-9-6-7-12(2)18(14)20-16(17)11-13;1-3-2/h10-12,14,18-19H,3-9H2,1-2H3;3H,1H2,2H3. The molecule has 0 bridgehead atoms. The Hall–Kier alpha value is -1.44. The van der Waals surface area contributed by atoms with Gasteiger partial charge in [-0.1, -0.05) is 39.2 Å². The molecule has 3 unspecified atom stereocenters. The van der Waals surface area contributed by atoms with Gasteiger partial charge >= 0.3 is 0 Å². The molecule has 1 saturated carbocycles. The van der Waals surface area contributed by atoms with E-state index in [0.717, 1.165) is 24.2 Å². The van der Waals surface area contributed by atoms with E-state index >= 15 is 0 Å². The number of aryl methyl sites for hydroxylation is 1. The van der Waals surface area contributed by atoms with Crippen LogP contribution in [0.5, 0.6) is 11.5 Å². The third-order valence-corrected chi connectivity index (χ3v) is 5.01. The van der Waals surface area contributed by atoms with Crippen molar-refractivity contribution in [2.75, 3.05) is 0 Å². The van der Waals surface area contributed by atoms with Crippen molar-refractivity contribution in [3.8, 4) is 11.5 Å². The highest BCUT2D eigenvalue weighted by molar-refractivity contribution is 5.53. The van der Waals surface area contributed by atoms with Crippen molar-refractivity contribution >= 4 is 0 Å². The van der Waals surface area contributed by atoms with E-state index in [-0.39, 0.29) is 6.10 Å². The van der Waals surface area contributed by atoms with E-state index in [4.69, 9.17) is 4.74 Å². The number of hydrogen-bond acceptors (Lipinski definition) is 2. The van der Waals surface area contributed by atoms with E-state index in [2.05, 4.69) is 26.5 Å². The van der Waals surface area contributed by atoms with E-state index < -0.39 is 0 Å². The lowest BCUT2D eigenvalue weighted by Gasteiger charge is -2.30. The fourth-order valence-electron chi connectivity index (χ4n) is 3.90. The molecule has 2 aliphatic rings. The summed E-state index contributed by atoms with van der Waals surface area (Å²) in [4.78, 5) is 0. The summed E-state index contributed by atoms with van der Waals surface area (Å²) in [5.74, 6) is 2.44. The van der Waals surface area contributed by atoms with Crippen LogP contribution in [0.25, 0.3) is 0 Å². The molecular weight excluding hydrogens is 284 g/mol. The van der Waals surface area contributed by atoms with Crippen LogP contribution >= 0.6 is 0 Å². The molecule has 0 spiro atoms. The maximum atomic E-state index is 10.4. The van der Waals surface area contributed by atoms with Crippen molar-refractivity contribution in [1.82, 2.24) is 0 Å². The molecule has 1 fully saturated rings. The number of phenolic OH excluding ortho intramolecular Hbond substituents is 1. The Morgan fingerprint density at radius 1 is 1.30 bits per heavy atom. The van der Waals surface area contributed by atoms with Crippen LogP contribution in [0.4, 0.5) is 0 Å². The second kappa shape index (κ2) is 8.42.